The van der Waals surface area contributed by atoms with E-state index < -0.39 is 45.2 Å². The van der Waals surface area contributed by atoms with Gasteiger partial charge in [-0.3, -0.25) is 4.55 Å². The van der Waals surface area contributed by atoms with Crippen LogP contribution in [0.5, 0.6) is 0 Å². The molecule has 0 aliphatic heterocycles. The monoisotopic (exact) mass is 406 g/mol. The van der Waals surface area contributed by atoms with Crippen LogP contribution in [-0.2, 0) is 10.1 Å². The average Bonchev–Trinajstić information content (AvgIpc) is 2.24. The Hall–Kier alpha value is -1.00. The highest BCUT2D eigenvalue weighted by molar-refractivity contribution is 7.87. The largest absolute Gasteiger partial charge is 0.460 e. The van der Waals surface area contributed by atoms with Gasteiger partial charge in [-0.15, -0.1) is 0 Å². The molecule has 0 saturated heterocycles. The van der Waals surface area contributed by atoms with E-state index in [1.54, 1.807) is 0 Å². The topological polar surface area (TPSA) is 54.4 Å². The first kappa shape index (κ1) is 22.0. The summed E-state index contributed by atoms with van der Waals surface area (Å²) >= 11 is 0. The quantitative estimate of drug-likeness (QED) is 0.432. The summed E-state index contributed by atoms with van der Waals surface area (Å²) in [7, 11) is -7.61. The second-order valence-corrected chi connectivity index (χ2v) is 5.25. The highest BCUT2D eigenvalue weighted by atomic mass is 32.2. The molecule has 3 nitrogen and oxygen atoms in total. The summed E-state index contributed by atoms with van der Waals surface area (Å²) in [4.78, 5) is 0. The molecule has 23 heavy (non-hydrogen) atoms. The zero-order chi connectivity index (χ0) is 19.5. The van der Waals surface area contributed by atoms with Crippen LogP contribution in [0.15, 0.2) is 0 Å². The Balaban J connectivity index is 6.48. The summed E-state index contributed by atoms with van der Waals surface area (Å²) < 4.78 is 188. The molecule has 17 heteroatoms. The molecule has 0 spiro atoms. The molecule has 0 unspecified atom stereocenters. The van der Waals surface area contributed by atoms with Gasteiger partial charge in [0.1, 0.15) is 0 Å². The summed E-state index contributed by atoms with van der Waals surface area (Å²) in [6.45, 7) is 0. The minimum Gasteiger partial charge on any atom is -0.281 e. The molecule has 0 aliphatic carbocycles. The Kier molecular flexibility index (Phi) is 4.78. The van der Waals surface area contributed by atoms with Gasteiger partial charge >= 0.3 is 45.2 Å². The molecule has 0 heterocycles. The maximum absolute atomic E-state index is 12.7. The van der Waals surface area contributed by atoms with Crippen LogP contribution in [0.2, 0.25) is 0 Å². The molecule has 0 aliphatic rings. The fraction of sp³-hybridized carbons (Fsp3) is 1.00. The average molecular weight is 406 g/mol. The second kappa shape index (κ2) is 5.00. The molecule has 0 aromatic rings. The van der Waals surface area contributed by atoms with Gasteiger partial charge in [-0.25, -0.2) is 0 Å². The van der Waals surface area contributed by atoms with Crippen molar-refractivity contribution in [2.45, 2.75) is 35.1 Å². The number of alkyl halides is 13. The lowest BCUT2D eigenvalue weighted by Gasteiger charge is -2.38. The van der Waals surface area contributed by atoms with Gasteiger partial charge in [-0.2, -0.15) is 65.5 Å². The van der Waals surface area contributed by atoms with Crippen molar-refractivity contribution < 1.29 is 70.0 Å². The molecule has 0 amide bonds. The van der Waals surface area contributed by atoms with Crippen molar-refractivity contribution in [2.24, 2.45) is 0 Å². The Morgan fingerprint density at radius 2 is 0.783 bits per heavy atom. The third-order valence-corrected chi connectivity index (χ3v) is 3.13. The molecule has 140 valence electrons. The van der Waals surface area contributed by atoms with Gasteiger partial charge in [-0.1, -0.05) is 0 Å². The number of rotatable bonds is 5. The van der Waals surface area contributed by atoms with E-state index >= 15 is 0 Å². The van der Waals surface area contributed by atoms with E-state index in [1.165, 1.54) is 0 Å². The fourth-order valence-electron chi connectivity index (χ4n) is 0.917. The van der Waals surface area contributed by atoms with Gasteiger partial charge < -0.3 is 0 Å². The van der Waals surface area contributed by atoms with Crippen molar-refractivity contribution in [2.75, 3.05) is 0 Å². The van der Waals surface area contributed by atoms with Gasteiger partial charge in [-0.05, 0) is 0 Å². The fourth-order valence-corrected chi connectivity index (χ4v) is 1.37. The second-order valence-electron chi connectivity index (χ2n) is 3.79. The predicted octanol–water partition coefficient (Wildman–Crippen LogP) is 3.57. The van der Waals surface area contributed by atoms with Gasteiger partial charge in [0.25, 0.3) is 0 Å². The van der Waals surface area contributed by atoms with Crippen molar-refractivity contribution in [3.63, 3.8) is 0 Å². The summed E-state index contributed by atoms with van der Waals surface area (Å²) in [5.41, 5.74) is 0. The zero-order valence-corrected chi connectivity index (χ0v) is 10.4. The van der Waals surface area contributed by atoms with Crippen LogP contribution in [0, 0.1) is 0 Å². The Labute approximate surface area is 116 Å². The van der Waals surface area contributed by atoms with E-state index in [0.29, 0.717) is 0 Å². The summed E-state index contributed by atoms with van der Waals surface area (Å²) in [6.07, 6.45) is -7.59. The predicted molar refractivity (Wildman–Crippen MR) is 42.3 cm³/mol. The van der Waals surface area contributed by atoms with E-state index in [1.807, 2.05) is 0 Å². The summed E-state index contributed by atoms with van der Waals surface area (Å²) in [5, 5.41) is -7.52. The van der Waals surface area contributed by atoms with Crippen LogP contribution < -0.4 is 0 Å². The molecule has 0 rings (SSSR count). The summed E-state index contributed by atoms with van der Waals surface area (Å²) in [5.74, 6) is -32.5. The van der Waals surface area contributed by atoms with E-state index in [9.17, 15) is 65.5 Å². The Morgan fingerprint density at radius 3 is 1.00 bits per heavy atom. The van der Waals surface area contributed by atoms with Crippen LogP contribution in [0.1, 0.15) is 0 Å². The molecule has 0 aromatic carbocycles. The normalized spacial score (nSPS) is 16.6. The zero-order valence-electron chi connectivity index (χ0n) is 9.59. The van der Waals surface area contributed by atoms with Crippen molar-refractivity contribution >= 4 is 10.1 Å². The summed E-state index contributed by atoms with van der Waals surface area (Å²) in [6, 6.07) is 0. The molecule has 0 bridgehead atoms. The molecule has 0 saturated carbocycles. The molecule has 1 N–H and O–H groups in total. The van der Waals surface area contributed by atoms with Gasteiger partial charge in [0.15, 0.2) is 0 Å². The molecule has 0 atom stereocenters. The van der Waals surface area contributed by atoms with Crippen molar-refractivity contribution in [3.05, 3.63) is 0 Å². The first-order valence-corrected chi connectivity index (χ1v) is 5.87. The van der Waals surface area contributed by atoms with Gasteiger partial charge in [0.2, 0.25) is 0 Å². The van der Waals surface area contributed by atoms with Crippen LogP contribution in [0.4, 0.5) is 57.1 Å². The van der Waals surface area contributed by atoms with Crippen molar-refractivity contribution in [3.8, 4) is 0 Å². The van der Waals surface area contributed by atoms with Gasteiger partial charge in [0, 0.05) is 0 Å². The van der Waals surface area contributed by atoms with Crippen LogP contribution in [0.3, 0.4) is 0 Å². The first-order chi connectivity index (χ1) is 9.50. The lowest BCUT2D eigenvalue weighted by atomic mass is 10.9. The van der Waals surface area contributed by atoms with Crippen LogP contribution >= 0.6 is 0 Å². The van der Waals surface area contributed by atoms with E-state index in [-0.39, 0.29) is 0 Å². The van der Waals surface area contributed by atoms with E-state index in [4.69, 9.17) is 4.55 Å². The maximum Gasteiger partial charge on any atom is 0.460 e. The van der Waals surface area contributed by atoms with Gasteiger partial charge in [0.05, 0.1) is 0 Å². The SMILES string of the molecule is O=S(=O)(O)[13C](F)(F)[13C](F)(F)[13C](F)(F)[13C](F)(F)[13C](F)(F)[13C](F)(F)F. The number of hydrogen-bond acceptors (Lipinski definition) is 2. The van der Waals surface area contributed by atoms with Crippen molar-refractivity contribution in [1.29, 1.82) is 0 Å². The number of hydrogen-bond donors (Lipinski definition) is 1. The minimum atomic E-state index is -8.25. The highest BCUT2D eigenvalue weighted by Gasteiger charge is 2.92. The first-order valence-electron chi connectivity index (χ1n) is 4.43. The Morgan fingerprint density at radius 1 is 0.522 bits per heavy atom. The molecule has 0 aromatic heterocycles. The Bertz CT molecular complexity index is 559. The molecule has 0 radical (unpaired) electrons. The van der Waals surface area contributed by atoms with Crippen LogP contribution in [0.25, 0.3) is 0 Å². The standard InChI is InChI=1S/C6HF13O3S/c7-1(8,3(11,12)5(15,16)17)2(9,10)4(13,14)6(18,19)23(20,21)22/h(H,20,21,22)/i1+1,2+1,3+1,4+1,5+1,6+1. The smallest absolute Gasteiger partial charge is 0.281 e. The lowest BCUT2D eigenvalue weighted by Crippen LogP contribution is -2.71. The molecule has 0 fully saturated rings. The van der Waals surface area contributed by atoms with Crippen LogP contribution in [-0.4, -0.2) is 48.1 Å². The van der Waals surface area contributed by atoms with Crippen molar-refractivity contribution in [1.82, 2.24) is 0 Å². The molecular weight excluding hydrogens is 405 g/mol. The minimum absolute atomic E-state index is 7.52. The van der Waals surface area contributed by atoms with E-state index in [2.05, 4.69) is 0 Å². The van der Waals surface area contributed by atoms with E-state index in [0.717, 1.165) is 0 Å². The number of halogens is 13. The third-order valence-electron chi connectivity index (χ3n) is 2.23. The third kappa shape index (κ3) is 2.70. The molecular formula is C6HF13O3S. The highest BCUT2D eigenvalue weighted by Crippen LogP contribution is 2.60. The maximum atomic E-state index is 12.7. The lowest BCUT2D eigenvalue weighted by molar-refractivity contribution is -0.433.